The summed E-state index contributed by atoms with van der Waals surface area (Å²) in [7, 11) is 0. The molecule has 2 rings (SSSR count). The second-order valence-corrected chi connectivity index (χ2v) is 4.72. The van der Waals surface area contributed by atoms with Crippen molar-refractivity contribution in [3.63, 3.8) is 0 Å². The van der Waals surface area contributed by atoms with E-state index in [0.29, 0.717) is 12.0 Å². The number of hydrogen-bond donors (Lipinski definition) is 1. The van der Waals surface area contributed by atoms with Crippen LogP contribution in [0, 0.1) is 5.92 Å². The first-order chi connectivity index (χ1) is 8.35. The zero-order valence-electron chi connectivity index (χ0n) is 10.5. The van der Waals surface area contributed by atoms with E-state index in [1.807, 2.05) is 18.5 Å². The highest BCUT2D eigenvalue weighted by Gasteiger charge is 2.30. The van der Waals surface area contributed by atoms with Crippen LogP contribution in [-0.2, 0) is 6.54 Å². The lowest BCUT2D eigenvalue weighted by Gasteiger charge is -2.31. The van der Waals surface area contributed by atoms with Gasteiger partial charge in [0.2, 0.25) is 0 Å². The maximum atomic E-state index is 5.85. The lowest BCUT2D eigenvalue weighted by atomic mass is 10.0. The fraction of sp³-hybridized carbons (Fsp3) is 0.692. The van der Waals surface area contributed by atoms with Crippen LogP contribution in [-0.4, -0.2) is 34.0 Å². The van der Waals surface area contributed by atoms with Gasteiger partial charge in [0.05, 0.1) is 6.54 Å². The molecule has 0 radical (unpaired) electrons. The highest BCUT2D eigenvalue weighted by atomic mass is 15.2. The summed E-state index contributed by atoms with van der Waals surface area (Å²) in [6, 6.07) is 2.48. The first-order valence-corrected chi connectivity index (χ1v) is 6.55. The number of nitrogens with two attached hydrogens (primary N) is 1. The molecule has 2 atom stereocenters. The summed E-state index contributed by atoms with van der Waals surface area (Å²) in [6.45, 7) is 4.89. The van der Waals surface area contributed by atoms with Crippen LogP contribution in [0.1, 0.15) is 32.0 Å². The maximum Gasteiger partial charge on any atom is 0.142 e. The van der Waals surface area contributed by atoms with Gasteiger partial charge in [-0.2, -0.15) is 0 Å². The van der Waals surface area contributed by atoms with Gasteiger partial charge >= 0.3 is 0 Å². The summed E-state index contributed by atoms with van der Waals surface area (Å²) in [6.07, 6.45) is 7.46. The Bertz CT molecular complexity index is 327. The van der Waals surface area contributed by atoms with Crippen molar-refractivity contribution in [2.45, 2.75) is 38.8 Å². The molecule has 4 heteroatoms. The van der Waals surface area contributed by atoms with Gasteiger partial charge in [-0.05, 0) is 37.9 Å². The molecular weight excluding hydrogens is 212 g/mol. The number of hydrogen-bond acceptors (Lipinski definition) is 4. The van der Waals surface area contributed by atoms with Crippen molar-refractivity contribution in [3.05, 3.63) is 24.3 Å². The average molecular weight is 234 g/mol. The Labute approximate surface area is 103 Å². The Morgan fingerprint density at radius 2 is 2.12 bits per heavy atom. The largest absolute Gasteiger partial charge is 0.330 e. The van der Waals surface area contributed by atoms with Crippen LogP contribution >= 0.6 is 0 Å². The highest BCUT2D eigenvalue weighted by Crippen LogP contribution is 2.29. The van der Waals surface area contributed by atoms with Crippen molar-refractivity contribution < 1.29 is 0 Å². The Kier molecular flexibility index (Phi) is 4.45. The molecule has 0 aliphatic heterocycles. The number of aromatic nitrogens is 2. The van der Waals surface area contributed by atoms with Crippen molar-refractivity contribution >= 4 is 0 Å². The molecule has 0 bridgehead atoms. The van der Waals surface area contributed by atoms with Crippen LogP contribution in [0.3, 0.4) is 0 Å². The minimum absolute atomic E-state index is 0.619. The highest BCUT2D eigenvalue weighted by molar-refractivity contribution is 4.92. The maximum absolute atomic E-state index is 5.85. The van der Waals surface area contributed by atoms with Gasteiger partial charge in [-0.15, -0.1) is 0 Å². The van der Waals surface area contributed by atoms with Crippen molar-refractivity contribution in [3.8, 4) is 0 Å². The quantitative estimate of drug-likeness (QED) is 0.837. The van der Waals surface area contributed by atoms with E-state index in [1.165, 1.54) is 19.3 Å². The van der Waals surface area contributed by atoms with Crippen LogP contribution in [0.4, 0.5) is 0 Å². The van der Waals surface area contributed by atoms with Crippen molar-refractivity contribution in [2.75, 3.05) is 13.1 Å². The standard InChI is InChI=1S/C13H22N4/c1-2-17(10-13-15-7-4-8-16-13)12-6-3-5-11(12)9-14/h4,7-8,11-12H,2-3,5-6,9-10,14H2,1H3. The zero-order valence-corrected chi connectivity index (χ0v) is 10.5. The predicted molar refractivity (Wildman–Crippen MR) is 68.3 cm³/mol. The first-order valence-electron chi connectivity index (χ1n) is 6.55. The Balaban J connectivity index is 2.01. The monoisotopic (exact) mass is 234 g/mol. The van der Waals surface area contributed by atoms with Gasteiger partial charge in [0.15, 0.2) is 0 Å². The molecule has 2 unspecified atom stereocenters. The molecule has 1 aliphatic carbocycles. The summed E-state index contributed by atoms with van der Waals surface area (Å²) in [5.41, 5.74) is 5.85. The summed E-state index contributed by atoms with van der Waals surface area (Å²) in [5.74, 6) is 1.57. The molecule has 1 fully saturated rings. The molecular formula is C13H22N4. The van der Waals surface area contributed by atoms with Crippen LogP contribution < -0.4 is 5.73 Å². The average Bonchev–Trinajstić information content (AvgIpc) is 2.85. The summed E-state index contributed by atoms with van der Waals surface area (Å²) in [4.78, 5) is 11.1. The van der Waals surface area contributed by atoms with E-state index in [-0.39, 0.29) is 0 Å². The topological polar surface area (TPSA) is 55.0 Å². The van der Waals surface area contributed by atoms with E-state index in [2.05, 4.69) is 21.8 Å². The molecule has 1 aromatic heterocycles. The van der Waals surface area contributed by atoms with Gasteiger partial charge in [-0.3, -0.25) is 4.90 Å². The third kappa shape index (κ3) is 3.01. The Morgan fingerprint density at radius 1 is 1.35 bits per heavy atom. The van der Waals surface area contributed by atoms with Gasteiger partial charge in [-0.1, -0.05) is 13.3 Å². The van der Waals surface area contributed by atoms with Gasteiger partial charge in [-0.25, -0.2) is 9.97 Å². The van der Waals surface area contributed by atoms with Crippen LogP contribution in [0.2, 0.25) is 0 Å². The number of nitrogens with zero attached hydrogens (tertiary/aromatic N) is 3. The first kappa shape index (κ1) is 12.5. The lowest BCUT2D eigenvalue weighted by molar-refractivity contribution is 0.158. The molecule has 17 heavy (non-hydrogen) atoms. The molecule has 94 valence electrons. The summed E-state index contributed by atoms with van der Waals surface area (Å²) >= 11 is 0. The fourth-order valence-corrected chi connectivity index (χ4v) is 2.83. The van der Waals surface area contributed by atoms with Gasteiger partial charge in [0.25, 0.3) is 0 Å². The van der Waals surface area contributed by atoms with Crippen LogP contribution in [0.25, 0.3) is 0 Å². The van der Waals surface area contributed by atoms with E-state index >= 15 is 0 Å². The predicted octanol–water partition coefficient (Wildman–Crippen LogP) is 1.43. The molecule has 0 amide bonds. The summed E-state index contributed by atoms with van der Waals surface area (Å²) < 4.78 is 0. The Hall–Kier alpha value is -1.00. The van der Waals surface area contributed by atoms with Crippen LogP contribution in [0.15, 0.2) is 18.5 Å². The van der Waals surface area contributed by atoms with Gasteiger partial charge in [0.1, 0.15) is 5.82 Å². The minimum atomic E-state index is 0.619. The molecule has 1 saturated carbocycles. The molecule has 1 aromatic rings. The third-order valence-corrected chi connectivity index (χ3v) is 3.76. The fourth-order valence-electron chi connectivity index (χ4n) is 2.83. The summed E-state index contributed by atoms with van der Waals surface area (Å²) in [5, 5.41) is 0. The second-order valence-electron chi connectivity index (χ2n) is 4.72. The lowest BCUT2D eigenvalue weighted by Crippen LogP contribution is -2.40. The molecule has 1 heterocycles. The smallest absolute Gasteiger partial charge is 0.142 e. The normalized spacial score (nSPS) is 24.4. The van der Waals surface area contributed by atoms with Crippen LogP contribution in [0.5, 0.6) is 0 Å². The van der Waals surface area contributed by atoms with E-state index < -0.39 is 0 Å². The van der Waals surface area contributed by atoms with Crippen molar-refractivity contribution in [1.82, 2.24) is 14.9 Å². The van der Waals surface area contributed by atoms with Gasteiger partial charge in [0, 0.05) is 18.4 Å². The number of rotatable bonds is 5. The zero-order chi connectivity index (χ0) is 12.1. The van der Waals surface area contributed by atoms with E-state index in [9.17, 15) is 0 Å². The van der Waals surface area contributed by atoms with E-state index in [1.54, 1.807) is 0 Å². The third-order valence-electron chi connectivity index (χ3n) is 3.76. The molecule has 0 saturated heterocycles. The molecule has 0 aromatic carbocycles. The van der Waals surface area contributed by atoms with E-state index in [4.69, 9.17) is 5.73 Å². The SMILES string of the molecule is CCN(Cc1ncccn1)C1CCCC1CN. The Morgan fingerprint density at radius 3 is 2.76 bits per heavy atom. The molecule has 4 nitrogen and oxygen atoms in total. The minimum Gasteiger partial charge on any atom is -0.330 e. The van der Waals surface area contributed by atoms with Crippen molar-refractivity contribution in [1.29, 1.82) is 0 Å². The molecule has 1 aliphatic rings. The molecule has 0 spiro atoms. The van der Waals surface area contributed by atoms with Crippen molar-refractivity contribution in [2.24, 2.45) is 11.7 Å². The molecule has 2 N–H and O–H groups in total. The van der Waals surface area contributed by atoms with E-state index in [0.717, 1.165) is 25.5 Å². The second kappa shape index (κ2) is 6.07. The van der Waals surface area contributed by atoms with Gasteiger partial charge < -0.3 is 5.73 Å².